The lowest BCUT2D eigenvalue weighted by Crippen LogP contribution is -2.52. The SMILES string of the molecule is CCC(C(=O)NCC(C)C)N(Cc1ccccc1C)C(=O)CN(c1ccc(Oc2ccccc2)cc1)S(C)(=O)=O. The second-order valence-electron chi connectivity index (χ2n) is 10.2. The van der Waals surface area contributed by atoms with E-state index in [0.717, 1.165) is 21.7 Å². The predicted octanol–water partition coefficient (Wildman–Crippen LogP) is 5.13. The first-order chi connectivity index (χ1) is 19.0. The van der Waals surface area contributed by atoms with E-state index in [-0.39, 0.29) is 18.4 Å². The first-order valence-corrected chi connectivity index (χ1v) is 15.3. The predicted molar refractivity (Wildman–Crippen MR) is 159 cm³/mol. The molecule has 0 aliphatic rings. The van der Waals surface area contributed by atoms with Gasteiger partial charge < -0.3 is 15.0 Å². The van der Waals surface area contributed by atoms with Crippen molar-refractivity contribution in [3.8, 4) is 11.5 Å². The highest BCUT2D eigenvalue weighted by Crippen LogP contribution is 2.26. The molecular formula is C31H39N3O5S. The van der Waals surface area contributed by atoms with Gasteiger partial charge in [-0.1, -0.05) is 63.2 Å². The van der Waals surface area contributed by atoms with Gasteiger partial charge in [-0.15, -0.1) is 0 Å². The summed E-state index contributed by atoms with van der Waals surface area (Å²) in [6, 6.07) is 22.6. The van der Waals surface area contributed by atoms with E-state index in [4.69, 9.17) is 4.74 Å². The van der Waals surface area contributed by atoms with Crippen LogP contribution in [0.1, 0.15) is 38.3 Å². The van der Waals surface area contributed by atoms with Gasteiger partial charge in [0.1, 0.15) is 24.1 Å². The minimum absolute atomic E-state index is 0.181. The van der Waals surface area contributed by atoms with Gasteiger partial charge in [0.2, 0.25) is 21.8 Å². The molecule has 0 heterocycles. The highest BCUT2D eigenvalue weighted by atomic mass is 32.2. The Bertz CT molecular complexity index is 1380. The lowest BCUT2D eigenvalue weighted by atomic mass is 10.1. The van der Waals surface area contributed by atoms with E-state index < -0.39 is 28.5 Å². The zero-order valence-corrected chi connectivity index (χ0v) is 24.6. The van der Waals surface area contributed by atoms with Crippen molar-refractivity contribution in [2.24, 2.45) is 5.92 Å². The summed E-state index contributed by atoms with van der Waals surface area (Å²) in [5.74, 6) is 0.704. The van der Waals surface area contributed by atoms with Gasteiger partial charge in [-0.25, -0.2) is 8.42 Å². The summed E-state index contributed by atoms with van der Waals surface area (Å²) in [7, 11) is -3.83. The van der Waals surface area contributed by atoms with Crippen LogP contribution in [0.5, 0.6) is 11.5 Å². The summed E-state index contributed by atoms with van der Waals surface area (Å²) in [4.78, 5) is 28.5. The monoisotopic (exact) mass is 565 g/mol. The Labute approximate surface area is 238 Å². The van der Waals surface area contributed by atoms with Crippen molar-refractivity contribution < 1.29 is 22.7 Å². The second kappa shape index (κ2) is 14.0. The molecule has 0 bridgehead atoms. The van der Waals surface area contributed by atoms with Gasteiger partial charge in [0.05, 0.1) is 11.9 Å². The standard InChI is InChI=1S/C31H39N3O5S/c1-6-29(31(36)32-20-23(2)3)33(21-25-13-11-10-12-24(25)4)30(35)22-34(40(5,37)38)26-16-18-28(19-17-26)39-27-14-8-7-9-15-27/h7-19,23,29H,6,20-22H2,1-5H3,(H,32,36). The number of amides is 2. The average molecular weight is 566 g/mol. The van der Waals surface area contributed by atoms with Gasteiger partial charge in [-0.05, 0) is 66.8 Å². The number of nitrogens with one attached hydrogen (secondary N) is 1. The van der Waals surface area contributed by atoms with Crippen molar-refractivity contribution >= 4 is 27.5 Å². The molecule has 8 nitrogen and oxygen atoms in total. The molecule has 0 saturated carbocycles. The quantitative estimate of drug-likeness (QED) is 0.310. The highest BCUT2D eigenvalue weighted by molar-refractivity contribution is 7.92. The van der Waals surface area contributed by atoms with Gasteiger partial charge in [0.15, 0.2) is 0 Å². The Morgan fingerprint density at radius 3 is 2.08 bits per heavy atom. The molecule has 0 fully saturated rings. The van der Waals surface area contributed by atoms with E-state index in [1.807, 2.05) is 82.3 Å². The van der Waals surface area contributed by atoms with Gasteiger partial charge >= 0.3 is 0 Å². The second-order valence-corrected chi connectivity index (χ2v) is 12.1. The largest absolute Gasteiger partial charge is 0.457 e. The summed E-state index contributed by atoms with van der Waals surface area (Å²) in [5.41, 5.74) is 2.19. The molecule has 0 saturated heterocycles. The number of hydrogen-bond donors (Lipinski definition) is 1. The number of benzene rings is 3. The van der Waals surface area contributed by atoms with Crippen molar-refractivity contribution in [1.82, 2.24) is 10.2 Å². The van der Waals surface area contributed by atoms with Crippen molar-refractivity contribution in [1.29, 1.82) is 0 Å². The number of anilines is 1. The Morgan fingerprint density at radius 1 is 0.900 bits per heavy atom. The number of ether oxygens (including phenoxy) is 1. The Balaban J connectivity index is 1.89. The first kappa shape index (κ1) is 30.7. The Hall–Kier alpha value is -3.85. The fourth-order valence-corrected chi connectivity index (χ4v) is 5.08. The van der Waals surface area contributed by atoms with E-state index in [2.05, 4.69) is 5.32 Å². The summed E-state index contributed by atoms with van der Waals surface area (Å²) >= 11 is 0. The molecule has 3 aromatic rings. The number of aryl methyl sites for hydroxylation is 1. The smallest absolute Gasteiger partial charge is 0.244 e. The molecule has 2 amide bonds. The van der Waals surface area contributed by atoms with Crippen LogP contribution in [0.25, 0.3) is 0 Å². The summed E-state index contributed by atoms with van der Waals surface area (Å²) in [6.45, 7) is 8.00. The van der Waals surface area contributed by atoms with Gasteiger partial charge in [0, 0.05) is 13.1 Å². The third-order valence-corrected chi connectivity index (χ3v) is 7.60. The Kier molecular flexibility index (Phi) is 10.7. The maximum Gasteiger partial charge on any atom is 0.244 e. The number of carbonyl (C=O) groups excluding carboxylic acids is 2. The summed E-state index contributed by atoms with van der Waals surface area (Å²) in [6.07, 6.45) is 1.44. The zero-order valence-electron chi connectivity index (χ0n) is 23.8. The molecule has 1 atom stereocenters. The maximum atomic E-state index is 13.9. The van der Waals surface area contributed by atoms with Crippen LogP contribution in [0.15, 0.2) is 78.9 Å². The fraction of sp³-hybridized carbons (Fsp3) is 0.355. The molecule has 9 heteroatoms. The fourth-order valence-electron chi connectivity index (χ4n) is 4.23. The van der Waals surface area contributed by atoms with Crippen molar-refractivity contribution in [2.75, 3.05) is 23.7 Å². The molecule has 3 rings (SSSR count). The van der Waals surface area contributed by atoms with Gasteiger partial charge in [-0.2, -0.15) is 0 Å². The molecule has 1 N–H and O–H groups in total. The molecule has 1 unspecified atom stereocenters. The van der Waals surface area contributed by atoms with Crippen LogP contribution in [0, 0.1) is 12.8 Å². The molecule has 0 aliphatic heterocycles. The van der Waals surface area contributed by atoms with E-state index in [9.17, 15) is 18.0 Å². The first-order valence-electron chi connectivity index (χ1n) is 13.4. The van der Waals surface area contributed by atoms with Crippen molar-refractivity contribution in [2.45, 2.75) is 46.7 Å². The number of hydrogen-bond acceptors (Lipinski definition) is 5. The molecule has 0 aromatic heterocycles. The lowest BCUT2D eigenvalue weighted by molar-refractivity contribution is -0.140. The third-order valence-electron chi connectivity index (χ3n) is 6.46. The number of para-hydroxylation sites is 1. The van der Waals surface area contributed by atoms with Crippen LogP contribution < -0.4 is 14.4 Å². The molecule has 214 valence electrons. The molecule has 0 spiro atoms. The number of sulfonamides is 1. The molecule has 0 radical (unpaired) electrons. The van der Waals surface area contributed by atoms with Gasteiger partial charge in [0.25, 0.3) is 0 Å². The number of nitrogens with zero attached hydrogens (tertiary/aromatic N) is 2. The van der Waals surface area contributed by atoms with E-state index in [1.54, 1.807) is 24.3 Å². The van der Waals surface area contributed by atoms with Crippen LogP contribution in [-0.2, 0) is 26.2 Å². The van der Waals surface area contributed by atoms with Crippen LogP contribution in [-0.4, -0.2) is 50.5 Å². The third kappa shape index (κ3) is 8.58. The normalized spacial score (nSPS) is 12.1. The van der Waals surface area contributed by atoms with E-state index >= 15 is 0 Å². The summed E-state index contributed by atoms with van der Waals surface area (Å²) in [5, 5.41) is 2.93. The van der Waals surface area contributed by atoms with E-state index in [0.29, 0.717) is 30.2 Å². The van der Waals surface area contributed by atoms with Crippen LogP contribution >= 0.6 is 0 Å². The maximum absolute atomic E-state index is 13.9. The van der Waals surface area contributed by atoms with E-state index in [1.165, 1.54) is 4.90 Å². The van der Waals surface area contributed by atoms with Crippen molar-refractivity contribution in [3.05, 3.63) is 90.0 Å². The molecule has 40 heavy (non-hydrogen) atoms. The van der Waals surface area contributed by atoms with Crippen LogP contribution in [0.2, 0.25) is 0 Å². The zero-order chi connectivity index (χ0) is 29.3. The van der Waals surface area contributed by atoms with Gasteiger partial charge in [-0.3, -0.25) is 13.9 Å². The van der Waals surface area contributed by atoms with Crippen molar-refractivity contribution in [3.63, 3.8) is 0 Å². The molecule has 0 aliphatic carbocycles. The minimum Gasteiger partial charge on any atom is -0.457 e. The van der Waals surface area contributed by atoms with Crippen LogP contribution in [0.3, 0.4) is 0 Å². The van der Waals surface area contributed by atoms with Crippen LogP contribution in [0.4, 0.5) is 5.69 Å². The highest BCUT2D eigenvalue weighted by Gasteiger charge is 2.32. The average Bonchev–Trinajstić information content (AvgIpc) is 2.92. The minimum atomic E-state index is -3.83. The molecular weight excluding hydrogens is 526 g/mol. The topological polar surface area (TPSA) is 96.0 Å². The lowest BCUT2D eigenvalue weighted by Gasteiger charge is -2.33. The Morgan fingerprint density at radius 2 is 1.50 bits per heavy atom. The number of rotatable bonds is 13. The molecule has 3 aromatic carbocycles. The summed E-state index contributed by atoms with van der Waals surface area (Å²) < 4.78 is 32.6. The number of carbonyl (C=O) groups is 2.